The molecule has 0 bridgehead atoms. The fraction of sp³-hybridized carbons (Fsp3) is 0.600. The second-order valence-corrected chi connectivity index (χ2v) is 6.20. The van der Waals surface area contributed by atoms with Crippen LogP contribution in [0.3, 0.4) is 0 Å². The number of aliphatic carboxylic acids is 1. The summed E-state index contributed by atoms with van der Waals surface area (Å²) >= 11 is 0. The molecule has 0 aromatic carbocycles. The molecule has 1 rings (SSSR count). The molecule has 0 aliphatic heterocycles. The number of rotatable bonds is 6. The van der Waals surface area contributed by atoms with E-state index in [2.05, 4.69) is 5.10 Å². The standard InChI is InChI=1S/C10H17N3O4S/c1-8(2)12(3)18(16,17)9-6-11-13(7-9)5-4-10(14)15/h6-8H,4-5H2,1-3H3,(H,14,15). The Morgan fingerprint density at radius 2 is 2.17 bits per heavy atom. The monoisotopic (exact) mass is 275 g/mol. The topological polar surface area (TPSA) is 92.5 Å². The minimum absolute atomic E-state index is 0.0732. The molecular formula is C10H17N3O4S. The Morgan fingerprint density at radius 3 is 2.67 bits per heavy atom. The Hall–Kier alpha value is -1.41. The molecule has 0 amide bonds. The van der Waals surface area contributed by atoms with Crippen LogP contribution in [0.15, 0.2) is 17.3 Å². The quantitative estimate of drug-likeness (QED) is 0.810. The van der Waals surface area contributed by atoms with E-state index in [1.54, 1.807) is 13.8 Å². The molecule has 18 heavy (non-hydrogen) atoms. The van der Waals surface area contributed by atoms with Crippen LogP contribution in [-0.2, 0) is 21.4 Å². The molecule has 1 N–H and O–H groups in total. The van der Waals surface area contributed by atoms with Crippen LogP contribution in [0.2, 0.25) is 0 Å². The average Bonchev–Trinajstić information content (AvgIpc) is 2.74. The fourth-order valence-electron chi connectivity index (χ4n) is 1.25. The molecular weight excluding hydrogens is 258 g/mol. The predicted molar refractivity (Wildman–Crippen MR) is 64.6 cm³/mol. The molecule has 0 radical (unpaired) electrons. The highest BCUT2D eigenvalue weighted by molar-refractivity contribution is 7.89. The summed E-state index contributed by atoms with van der Waals surface area (Å²) in [5.74, 6) is -0.950. The maximum Gasteiger partial charge on any atom is 0.305 e. The molecule has 0 saturated heterocycles. The second kappa shape index (κ2) is 5.49. The van der Waals surface area contributed by atoms with Gasteiger partial charge in [-0.25, -0.2) is 8.42 Å². The van der Waals surface area contributed by atoms with E-state index in [0.717, 1.165) is 0 Å². The highest BCUT2D eigenvalue weighted by atomic mass is 32.2. The number of carboxylic acids is 1. The van der Waals surface area contributed by atoms with Crippen molar-refractivity contribution in [3.63, 3.8) is 0 Å². The largest absolute Gasteiger partial charge is 0.481 e. The Kier molecular flexibility index (Phi) is 4.47. The second-order valence-electron chi connectivity index (χ2n) is 4.20. The Balaban J connectivity index is 2.88. The summed E-state index contributed by atoms with van der Waals surface area (Å²) in [5, 5.41) is 12.4. The molecule has 0 aliphatic rings. The van der Waals surface area contributed by atoms with Gasteiger partial charge in [-0.1, -0.05) is 0 Å². The molecule has 1 heterocycles. The normalized spacial score (nSPS) is 12.3. The lowest BCUT2D eigenvalue weighted by Crippen LogP contribution is -2.32. The molecule has 7 nitrogen and oxygen atoms in total. The van der Waals surface area contributed by atoms with Crippen LogP contribution in [0.4, 0.5) is 0 Å². The fourth-order valence-corrected chi connectivity index (χ4v) is 2.58. The lowest BCUT2D eigenvalue weighted by molar-refractivity contribution is -0.137. The van der Waals surface area contributed by atoms with Crippen molar-refractivity contribution in [3.8, 4) is 0 Å². The lowest BCUT2D eigenvalue weighted by Gasteiger charge is -2.19. The SMILES string of the molecule is CC(C)N(C)S(=O)(=O)c1cnn(CCC(=O)O)c1. The first kappa shape index (κ1) is 14.7. The van der Waals surface area contributed by atoms with Crippen molar-refractivity contribution >= 4 is 16.0 Å². The van der Waals surface area contributed by atoms with Gasteiger partial charge in [0, 0.05) is 19.3 Å². The summed E-state index contributed by atoms with van der Waals surface area (Å²) in [7, 11) is -2.06. The number of aryl methyl sites for hydroxylation is 1. The van der Waals surface area contributed by atoms with Gasteiger partial charge < -0.3 is 5.11 Å². The van der Waals surface area contributed by atoms with Crippen LogP contribution in [0.25, 0.3) is 0 Å². The Morgan fingerprint density at radius 1 is 1.56 bits per heavy atom. The van der Waals surface area contributed by atoms with E-state index in [0.29, 0.717) is 0 Å². The number of nitrogens with zero attached hydrogens (tertiary/aromatic N) is 3. The summed E-state index contributed by atoms with van der Waals surface area (Å²) in [6.07, 6.45) is 2.48. The smallest absolute Gasteiger partial charge is 0.305 e. The Labute approximate surface area is 106 Å². The number of aromatic nitrogens is 2. The zero-order chi connectivity index (χ0) is 13.9. The number of carbonyl (C=O) groups is 1. The first-order valence-electron chi connectivity index (χ1n) is 5.47. The van der Waals surface area contributed by atoms with E-state index in [4.69, 9.17) is 5.11 Å². The molecule has 102 valence electrons. The lowest BCUT2D eigenvalue weighted by atomic mass is 10.4. The molecule has 0 spiro atoms. The van der Waals surface area contributed by atoms with Gasteiger partial charge in [-0.05, 0) is 13.8 Å². The van der Waals surface area contributed by atoms with Crippen LogP contribution >= 0.6 is 0 Å². The zero-order valence-electron chi connectivity index (χ0n) is 10.6. The molecule has 1 aromatic heterocycles. The summed E-state index contributed by atoms with van der Waals surface area (Å²) in [6, 6.07) is -0.155. The van der Waals surface area contributed by atoms with E-state index in [1.165, 1.54) is 28.4 Å². The summed E-state index contributed by atoms with van der Waals surface area (Å²) in [4.78, 5) is 10.5. The Bertz CT molecular complexity index is 521. The minimum Gasteiger partial charge on any atom is -0.481 e. The third-order valence-electron chi connectivity index (χ3n) is 2.57. The van der Waals surface area contributed by atoms with Crippen molar-refractivity contribution in [3.05, 3.63) is 12.4 Å². The number of carboxylic acid groups (broad SMARTS) is 1. The van der Waals surface area contributed by atoms with Gasteiger partial charge in [0.15, 0.2) is 0 Å². The highest BCUT2D eigenvalue weighted by Crippen LogP contribution is 2.15. The van der Waals surface area contributed by atoms with Crippen LogP contribution in [0, 0.1) is 0 Å². The molecule has 1 aromatic rings. The van der Waals surface area contributed by atoms with Crippen LogP contribution in [0.5, 0.6) is 0 Å². The van der Waals surface area contributed by atoms with Crippen LogP contribution in [-0.4, -0.2) is 46.7 Å². The van der Waals surface area contributed by atoms with Crippen molar-refractivity contribution in [2.45, 2.75) is 37.8 Å². The molecule has 0 saturated carbocycles. The van der Waals surface area contributed by atoms with Gasteiger partial charge in [-0.2, -0.15) is 9.40 Å². The van der Waals surface area contributed by atoms with Crippen molar-refractivity contribution in [1.82, 2.24) is 14.1 Å². The van der Waals surface area contributed by atoms with Crippen LogP contribution in [0.1, 0.15) is 20.3 Å². The van der Waals surface area contributed by atoms with E-state index < -0.39 is 16.0 Å². The molecule has 0 atom stereocenters. The minimum atomic E-state index is -3.55. The van der Waals surface area contributed by atoms with Crippen molar-refractivity contribution < 1.29 is 18.3 Å². The van der Waals surface area contributed by atoms with Gasteiger partial charge in [-0.15, -0.1) is 0 Å². The van der Waals surface area contributed by atoms with Gasteiger partial charge in [0.25, 0.3) is 0 Å². The highest BCUT2D eigenvalue weighted by Gasteiger charge is 2.24. The summed E-state index contributed by atoms with van der Waals surface area (Å²) < 4.78 is 26.7. The molecule has 0 aliphatic carbocycles. The number of hydrogen-bond acceptors (Lipinski definition) is 4. The first-order chi connectivity index (χ1) is 8.25. The maximum atomic E-state index is 12.1. The third-order valence-corrected chi connectivity index (χ3v) is 4.55. The van der Waals surface area contributed by atoms with Gasteiger partial charge in [-0.3, -0.25) is 9.48 Å². The van der Waals surface area contributed by atoms with Crippen molar-refractivity contribution in [1.29, 1.82) is 0 Å². The molecule has 8 heteroatoms. The first-order valence-corrected chi connectivity index (χ1v) is 6.91. The zero-order valence-corrected chi connectivity index (χ0v) is 11.4. The van der Waals surface area contributed by atoms with E-state index in [-0.39, 0.29) is 23.9 Å². The summed E-state index contributed by atoms with van der Waals surface area (Å²) in [5.41, 5.74) is 0. The summed E-state index contributed by atoms with van der Waals surface area (Å²) in [6.45, 7) is 3.69. The van der Waals surface area contributed by atoms with E-state index in [9.17, 15) is 13.2 Å². The predicted octanol–water partition coefficient (Wildman–Crippen LogP) is 0.387. The molecule has 0 fully saturated rings. The van der Waals surface area contributed by atoms with Gasteiger partial charge in [0.2, 0.25) is 10.0 Å². The third kappa shape index (κ3) is 3.30. The van der Waals surface area contributed by atoms with Gasteiger partial charge >= 0.3 is 5.97 Å². The van der Waals surface area contributed by atoms with Crippen LogP contribution < -0.4 is 0 Å². The number of sulfonamides is 1. The van der Waals surface area contributed by atoms with E-state index in [1.807, 2.05) is 0 Å². The van der Waals surface area contributed by atoms with E-state index >= 15 is 0 Å². The van der Waals surface area contributed by atoms with Crippen molar-refractivity contribution in [2.75, 3.05) is 7.05 Å². The van der Waals surface area contributed by atoms with Gasteiger partial charge in [0.1, 0.15) is 4.90 Å². The average molecular weight is 275 g/mol. The van der Waals surface area contributed by atoms with Gasteiger partial charge in [0.05, 0.1) is 19.2 Å². The number of hydrogen-bond donors (Lipinski definition) is 1. The maximum absolute atomic E-state index is 12.1. The van der Waals surface area contributed by atoms with Crippen molar-refractivity contribution in [2.24, 2.45) is 0 Å². The molecule has 0 unspecified atom stereocenters.